The lowest BCUT2D eigenvalue weighted by Gasteiger charge is -2.21. The van der Waals surface area contributed by atoms with Crippen LogP contribution in [0.3, 0.4) is 0 Å². The van der Waals surface area contributed by atoms with Gasteiger partial charge in [-0.25, -0.2) is 0 Å². The molecule has 0 bridgehead atoms. The summed E-state index contributed by atoms with van der Waals surface area (Å²) in [4.78, 5) is 18.2. The van der Waals surface area contributed by atoms with E-state index >= 15 is 0 Å². The number of aryl methyl sites for hydroxylation is 1. The van der Waals surface area contributed by atoms with E-state index in [1.807, 2.05) is 84.4 Å². The number of hydrogen-bond donors (Lipinski definition) is 1. The van der Waals surface area contributed by atoms with Gasteiger partial charge in [-0.2, -0.15) is 5.26 Å². The number of benzene rings is 3. The standard InChI is InChI=1S/C28H24N6OS/c1-20-9-7-12-22(17-20)34-27(24-18-30-25-14-6-5-13-23(24)25)31-32-28(34)36-19-26(35)33(16-8-15-29)21-10-3-2-4-11-21/h2-7,9-14,17-18,30H,8,16,19H2,1H3. The van der Waals surface area contributed by atoms with Gasteiger partial charge in [0.15, 0.2) is 11.0 Å². The van der Waals surface area contributed by atoms with Crippen LogP contribution in [0.5, 0.6) is 0 Å². The Morgan fingerprint density at radius 3 is 2.67 bits per heavy atom. The molecule has 3 aromatic carbocycles. The molecule has 2 aromatic heterocycles. The average molecular weight is 493 g/mol. The Morgan fingerprint density at radius 1 is 1.06 bits per heavy atom. The molecule has 0 unspecified atom stereocenters. The number of H-pyrrole nitrogens is 1. The van der Waals surface area contributed by atoms with Gasteiger partial charge in [-0.3, -0.25) is 9.36 Å². The van der Waals surface area contributed by atoms with Gasteiger partial charge in [0.2, 0.25) is 5.91 Å². The number of anilines is 1. The predicted molar refractivity (Wildman–Crippen MR) is 143 cm³/mol. The molecule has 178 valence electrons. The molecule has 0 atom stereocenters. The first-order valence-electron chi connectivity index (χ1n) is 11.6. The summed E-state index contributed by atoms with van der Waals surface area (Å²) >= 11 is 1.34. The van der Waals surface area contributed by atoms with E-state index in [1.54, 1.807) is 4.90 Å². The first-order chi connectivity index (χ1) is 17.7. The number of para-hydroxylation sites is 2. The second kappa shape index (κ2) is 10.5. The number of nitrogens with one attached hydrogen (secondary N) is 1. The zero-order valence-electron chi connectivity index (χ0n) is 19.8. The number of aromatic nitrogens is 4. The molecule has 8 heteroatoms. The van der Waals surface area contributed by atoms with Gasteiger partial charge in [0.05, 0.1) is 18.2 Å². The highest BCUT2D eigenvalue weighted by atomic mass is 32.2. The number of carbonyl (C=O) groups is 1. The number of nitriles is 1. The summed E-state index contributed by atoms with van der Waals surface area (Å²) in [6, 6.07) is 27.8. The van der Waals surface area contributed by atoms with Crippen molar-refractivity contribution in [2.24, 2.45) is 0 Å². The van der Waals surface area contributed by atoms with Gasteiger partial charge in [0.1, 0.15) is 0 Å². The molecule has 0 aliphatic rings. The summed E-state index contributed by atoms with van der Waals surface area (Å²) in [6.07, 6.45) is 2.20. The van der Waals surface area contributed by atoms with Crippen LogP contribution in [-0.2, 0) is 4.79 Å². The molecule has 0 radical (unpaired) electrons. The van der Waals surface area contributed by atoms with Crippen molar-refractivity contribution < 1.29 is 4.79 Å². The largest absolute Gasteiger partial charge is 0.360 e. The summed E-state index contributed by atoms with van der Waals surface area (Å²) in [5, 5.41) is 19.8. The van der Waals surface area contributed by atoms with Crippen LogP contribution in [0.15, 0.2) is 90.2 Å². The summed E-state index contributed by atoms with van der Waals surface area (Å²) in [7, 11) is 0. The van der Waals surface area contributed by atoms with Crippen molar-refractivity contribution in [1.82, 2.24) is 19.7 Å². The van der Waals surface area contributed by atoms with Crippen LogP contribution < -0.4 is 4.90 Å². The molecule has 5 aromatic rings. The third-order valence-corrected chi connectivity index (χ3v) is 6.78. The molecule has 2 heterocycles. The highest BCUT2D eigenvalue weighted by Crippen LogP contribution is 2.33. The number of amides is 1. The van der Waals surface area contributed by atoms with Crippen LogP contribution in [0.4, 0.5) is 5.69 Å². The maximum Gasteiger partial charge on any atom is 0.237 e. The van der Waals surface area contributed by atoms with Gasteiger partial charge in [-0.1, -0.05) is 60.3 Å². The molecule has 1 amide bonds. The van der Waals surface area contributed by atoms with Gasteiger partial charge in [0, 0.05) is 40.6 Å². The first-order valence-corrected chi connectivity index (χ1v) is 12.6. The summed E-state index contributed by atoms with van der Waals surface area (Å²) in [5.41, 5.74) is 4.78. The van der Waals surface area contributed by atoms with Gasteiger partial charge in [-0.15, -0.1) is 10.2 Å². The third kappa shape index (κ3) is 4.74. The number of hydrogen-bond acceptors (Lipinski definition) is 5. The molecule has 0 saturated carbocycles. The molecule has 0 aliphatic carbocycles. The number of fused-ring (bicyclic) bond motifs is 1. The van der Waals surface area contributed by atoms with Gasteiger partial charge < -0.3 is 9.88 Å². The van der Waals surface area contributed by atoms with E-state index in [2.05, 4.69) is 33.4 Å². The second-order valence-electron chi connectivity index (χ2n) is 8.31. The Balaban J connectivity index is 1.49. The molecule has 0 spiro atoms. The number of thioether (sulfide) groups is 1. The second-order valence-corrected chi connectivity index (χ2v) is 9.25. The fourth-order valence-corrected chi connectivity index (χ4v) is 4.99. The lowest BCUT2D eigenvalue weighted by atomic mass is 10.1. The van der Waals surface area contributed by atoms with Crippen LogP contribution in [-0.4, -0.2) is 38.0 Å². The molecule has 36 heavy (non-hydrogen) atoms. The smallest absolute Gasteiger partial charge is 0.237 e. The van der Waals surface area contributed by atoms with Crippen molar-refractivity contribution in [1.29, 1.82) is 5.26 Å². The molecule has 7 nitrogen and oxygen atoms in total. The summed E-state index contributed by atoms with van der Waals surface area (Å²) < 4.78 is 2.00. The molecular weight excluding hydrogens is 468 g/mol. The van der Waals surface area contributed by atoms with E-state index in [0.717, 1.165) is 33.4 Å². The highest BCUT2D eigenvalue weighted by Gasteiger charge is 2.22. The van der Waals surface area contributed by atoms with E-state index in [-0.39, 0.29) is 18.1 Å². The minimum atomic E-state index is -0.0890. The molecule has 0 fully saturated rings. The Bertz CT molecular complexity index is 1550. The van der Waals surface area contributed by atoms with Crippen molar-refractivity contribution in [3.05, 3.63) is 90.6 Å². The van der Waals surface area contributed by atoms with Crippen molar-refractivity contribution in [2.45, 2.75) is 18.5 Å². The van der Waals surface area contributed by atoms with E-state index in [0.29, 0.717) is 17.5 Å². The Labute approximate surface area is 213 Å². The minimum absolute atomic E-state index is 0.0890. The first kappa shape index (κ1) is 23.4. The van der Waals surface area contributed by atoms with E-state index in [9.17, 15) is 4.79 Å². The van der Waals surface area contributed by atoms with Crippen molar-refractivity contribution in [3.8, 4) is 23.1 Å². The minimum Gasteiger partial charge on any atom is -0.360 e. The van der Waals surface area contributed by atoms with E-state index in [1.165, 1.54) is 11.8 Å². The predicted octanol–water partition coefficient (Wildman–Crippen LogP) is 5.76. The van der Waals surface area contributed by atoms with E-state index in [4.69, 9.17) is 5.26 Å². The van der Waals surface area contributed by atoms with E-state index < -0.39 is 0 Å². The van der Waals surface area contributed by atoms with Crippen LogP contribution in [0.1, 0.15) is 12.0 Å². The number of rotatable bonds is 8. The van der Waals surface area contributed by atoms with Gasteiger partial charge >= 0.3 is 0 Å². The molecule has 0 aliphatic heterocycles. The molecule has 0 saturated heterocycles. The van der Waals surface area contributed by atoms with Crippen LogP contribution >= 0.6 is 11.8 Å². The van der Waals surface area contributed by atoms with Crippen LogP contribution in [0.2, 0.25) is 0 Å². The zero-order valence-corrected chi connectivity index (χ0v) is 20.6. The summed E-state index contributed by atoms with van der Waals surface area (Å²) in [6.45, 7) is 2.38. The third-order valence-electron chi connectivity index (χ3n) is 5.86. The summed E-state index contributed by atoms with van der Waals surface area (Å²) in [5.74, 6) is 0.782. The highest BCUT2D eigenvalue weighted by molar-refractivity contribution is 7.99. The Morgan fingerprint density at radius 2 is 1.86 bits per heavy atom. The number of nitrogens with zero attached hydrogens (tertiary/aromatic N) is 5. The SMILES string of the molecule is Cc1cccc(-n2c(SCC(=O)N(CCC#N)c3ccccc3)nnc2-c2c[nH]c3ccccc23)c1. The number of carbonyl (C=O) groups excluding carboxylic acids is 1. The Kier molecular flexibility index (Phi) is 6.83. The molecule has 5 rings (SSSR count). The quantitative estimate of drug-likeness (QED) is 0.278. The fraction of sp³-hybridized carbons (Fsp3) is 0.143. The lowest BCUT2D eigenvalue weighted by molar-refractivity contribution is -0.116. The molecule has 1 N–H and O–H groups in total. The average Bonchev–Trinajstić information content (AvgIpc) is 3.52. The Hall–Kier alpha value is -4.35. The number of aromatic amines is 1. The molecular formula is C28H24N6OS. The van der Waals surface area contributed by atoms with Crippen molar-refractivity contribution in [2.75, 3.05) is 17.2 Å². The zero-order chi connectivity index (χ0) is 24.9. The van der Waals surface area contributed by atoms with Gasteiger partial charge in [0.25, 0.3) is 0 Å². The van der Waals surface area contributed by atoms with Crippen molar-refractivity contribution in [3.63, 3.8) is 0 Å². The fourth-order valence-electron chi connectivity index (χ4n) is 4.17. The maximum atomic E-state index is 13.3. The van der Waals surface area contributed by atoms with Crippen LogP contribution in [0.25, 0.3) is 28.0 Å². The normalized spacial score (nSPS) is 10.9. The van der Waals surface area contributed by atoms with Gasteiger partial charge in [-0.05, 0) is 42.8 Å². The van der Waals surface area contributed by atoms with Crippen molar-refractivity contribution >= 4 is 34.3 Å². The maximum absolute atomic E-state index is 13.3. The lowest BCUT2D eigenvalue weighted by Crippen LogP contribution is -2.33. The van der Waals surface area contributed by atoms with Crippen LogP contribution in [0, 0.1) is 18.3 Å². The topological polar surface area (TPSA) is 90.6 Å². The monoisotopic (exact) mass is 492 g/mol.